The van der Waals surface area contributed by atoms with E-state index in [1.807, 2.05) is 0 Å². The standard InChI is InChI=1S/C13H13F3N4O2S/c14-13(15,16)23(21,22)11(17)12(18,9-5-1-3-7-19-9)10-6-2-4-8-20-10/h1-8,11H,17-18H2. The van der Waals surface area contributed by atoms with Gasteiger partial charge in [0.1, 0.15) is 10.9 Å². The summed E-state index contributed by atoms with van der Waals surface area (Å²) in [6.07, 6.45) is 2.54. The first-order valence-corrected chi connectivity index (χ1v) is 7.84. The van der Waals surface area contributed by atoms with Crippen LogP contribution in [0.2, 0.25) is 0 Å². The molecule has 0 radical (unpaired) electrons. The monoisotopic (exact) mass is 346 g/mol. The minimum atomic E-state index is -5.76. The lowest BCUT2D eigenvalue weighted by Gasteiger charge is -2.33. The lowest BCUT2D eigenvalue weighted by atomic mass is 9.91. The lowest BCUT2D eigenvalue weighted by molar-refractivity contribution is -0.0450. The number of hydrogen-bond acceptors (Lipinski definition) is 6. The zero-order valence-corrected chi connectivity index (χ0v) is 12.4. The van der Waals surface area contributed by atoms with Gasteiger partial charge in [-0.1, -0.05) is 12.1 Å². The van der Waals surface area contributed by atoms with E-state index in [0.717, 1.165) is 0 Å². The molecule has 0 aliphatic heterocycles. The van der Waals surface area contributed by atoms with Gasteiger partial charge in [0.05, 0.1) is 11.4 Å². The number of halogens is 3. The molecule has 1 unspecified atom stereocenters. The molecule has 0 saturated carbocycles. The molecule has 1 atom stereocenters. The molecule has 0 aliphatic carbocycles. The summed E-state index contributed by atoms with van der Waals surface area (Å²) in [6.45, 7) is 0. The van der Waals surface area contributed by atoms with Gasteiger partial charge in [-0.15, -0.1) is 0 Å². The van der Waals surface area contributed by atoms with Gasteiger partial charge < -0.3 is 11.5 Å². The Bertz CT molecular complexity index is 727. The molecule has 0 fully saturated rings. The van der Waals surface area contributed by atoms with Gasteiger partial charge in [-0.3, -0.25) is 9.97 Å². The first-order chi connectivity index (χ1) is 10.6. The van der Waals surface area contributed by atoms with Crippen molar-refractivity contribution >= 4 is 9.84 Å². The third-order valence-electron chi connectivity index (χ3n) is 3.28. The molecule has 0 bridgehead atoms. The van der Waals surface area contributed by atoms with E-state index in [0.29, 0.717) is 0 Å². The summed E-state index contributed by atoms with van der Waals surface area (Å²) in [7, 11) is -5.76. The second-order valence-electron chi connectivity index (χ2n) is 4.71. The van der Waals surface area contributed by atoms with E-state index in [9.17, 15) is 21.6 Å². The number of rotatable bonds is 4. The fourth-order valence-corrected chi connectivity index (χ4v) is 3.05. The number of sulfone groups is 1. The average Bonchev–Trinajstić information content (AvgIpc) is 2.54. The summed E-state index contributed by atoms with van der Waals surface area (Å²) in [6, 6.07) is 8.51. The molecule has 124 valence electrons. The second kappa shape index (κ2) is 5.87. The summed E-state index contributed by atoms with van der Waals surface area (Å²) >= 11 is 0. The van der Waals surface area contributed by atoms with Gasteiger partial charge in [0.15, 0.2) is 0 Å². The minimum absolute atomic E-state index is 0.140. The predicted octanol–water partition coefficient (Wildman–Crippen LogP) is 0.898. The van der Waals surface area contributed by atoms with Gasteiger partial charge in [0, 0.05) is 12.4 Å². The van der Waals surface area contributed by atoms with E-state index in [2.05, 4.69) is 9.97 Å². The molecule has 0 spiro atoms. The maximum absolute atomic E-state index is 12.9. The van der Waals surface area contributed by atoms with Crippen LogP contribution in [0.4, 0.5) is 13.2 Å². The Balaban J connectivity index is 2.70. The normalized spacial score (nSPS) is 14.5. The Kier molecular flexibility index (Phi) is 4.42. The maximum Gasteiger partial charge on any atom is 0.499 e. The van der Waals surface area contributed by atoms with Crippen molar-refractivity contribution in [2.45, 2.75) is 16.4 Å². The van der Waals surface area contributed by atoms with Crippen LogP contribution in [0.3, 0.4) is 0 Å². The average molecular weight is 346 g/mol. The van der Waals surface area contributed by atoms with Crippen molar-refractivity contribution in [3.05, 3.63) is 60.2 Å². The van der Waals surface area contributed by atoms with E-state index in [-0.39, 0.29) is 11.4 Å². The van der Waals surface area contributed by atoms with Crippen LogP contribution in [0.15, 0.2) is 48.8 Å². The number of nitrogens with two attached hydrogens (primary N) is 2. The van der Waals surface area contributed by atoms with E-state index < -0.39 is 26.3 Å². The van der Waals surface area contributed by atoms with Crippen LogP contribution in [0, 0.1) is 0 Å². The maximum atomic E-state index is 12.9. The smallest absolute Gasteiger partial charge is 0.313 e. The first-order valence-electron chi connectivity index (χ1n) is 6.29. The quantitative estimate of drug-likeness (QED) is 0.851. The first kappa shape index (κ1) is 17.3. The van der Waals surface area contributed by atoms with Gasteiger partial charge in [-0.2, -0.15) is 13.2 Å². The summed E-state index contributed by atoms with van der Waals surface area (Å²) in [5, 5.41) is -2.51. The van der Waals surface area contributed by atoms with Gasteiger partial charge in [-0.25, -0.2) is 8.42 Å². The summed E-state index contributed by atoms with van der Waals surface area (Å²) in [5.74, 6) is 0. The summed E-state index contributed by atoms with van der Waals surface area (Å²) < 4.78 is 62.2. The fourth-order valence-electron chi connectivity index (χ4n) is 2.03. The van der Waals surface area contributed by atoms with Crippen molar-refractivity contribution in [2.24, 2.45) is 11.5 Å². The Morgan fingerprint density at radius 3 is 1.70 bits per heavy atom. The molecule has 2 heterocycles. The van der Waals surface area contributed by atoms with E-state index >= 15 is 0 Å². The van der Waals surface area contributed by atoms with Crippen LogP contribution < -0.4 is 11.5 Å². The Labute approximate surface area is 130 Å². The molecule has 2 aromatic rings. The van der Waals surface area contributed by atoms with Crippen LogP contribution in [-0.4, -0.2) is 29.3 Å². The molecule has 4 N–H and O–H groups in total. The Morgan fingerprint density at radius 1 is 0.957 bits per heavy atom. The number of hydrogen-bond donors (Lipinski definition) is 2. The van der Waals surface area contributed by atoms with Gasteiger partial charge >= 0.3 is 5.51 Å². The van der Waals surface area contributed by atoms with Crippen molar-refractivity contribution in [1.82, 2.24) is 9.97 Å². The van der Waals surface area contributed by atoms with Crippen LogP contribution in [-0.2, 0) is 15.4 Å². The highest BCUT2D eigenvalue weighted by atomic mass is 32.2. The van der Waals surface area contributed by atoms with Crippen LogP contribution in [0.1, 0.15) is 11.4 Å². The molecule has 23 heavy (non-hydrogen) atoms. The zero-order chi connectivity index (χ0) is 17.3. The third kappa shape index (κ3) is 2.92. The molecular formula is C13H13F3N4O2S. The molecular weight excluding hydrogens is 333 g/mol. The van der Waals surface area contributed by atoms with Gasteiger partial charge in [-0.05, 0) is 24.3 Å². The number of pyridine rings is 2. The highest BCUT2D eigenvalue weighted by Gasteiger charge is 2.57. The molecule has 10 heteroatoms. The van der Waals surface area contributed by atoms with Crippen molar-refractivity contribution in [2.75, 3.05) is 0 Å². The SMILES string of the molecule is NC(C(N)(c1ccccn1)c1ccccn1)S(=O)(=O)C(F)(F)F. The largest absolute Gasteiger partial charge is 0.499 e. The molecule has 6 nitrogen and oxygen atoms in total. The molecule has 2 aromatic heterocycles. The number of alkyl halides is 3. The van der Waals surface area contributed by atoms with Crippen LogP contribution >= 0.6 is 0 Å². The topological polar surface area (TPSA) is 112 Å². The fraction of sp³-hybridized carbons (Fsp3) is 0.231. The summed E-state index contributed by atoms with van der Waals surface area (Å²) in [4.78, 5) is 7.73. The minimum Gasteiger partial charge on any atom is -0.313 e. The van der Waals surface area contributed by atoms with Crippen molar-refractivity contribution in [3.63, 3.8) is 0 Å². The van der Waals surface area contributed by atoms with Crippen LogP contribution in [0.5, 0.6) is 0 Å². The predicted molar refractivity (Wildman–Crippen MR) is 76.4 cm³/mol. The lowest BCUT2D eigenvalue weighted by Crippen LogP contribution is -2.60. The molecule has 0 saturated heterocycles. The Morgan fingerprint density at radius 2 is 1.39 bits per heavy atom. The van der Waals surface area contributed by atoms with E-state index in [1.165, 1.54) is 48.8 Å². The third-order valence-corrected chi connectivity index (χ3v) is 4.97. The van der Waals surface area contributed by atoms with Crippen molar-refractivity contribution in [3.8, 4) is 0 Å². The molecule has 2 rings (SSSR count). The number of aromatic nitrogens is 2. The van der Waals surface area contributed by atoms with Crippen molar-refractivity contribution in [1.29, 1.82) is 0 Å². The molecule has 0 aromatic carbocycles. The van der Waals surface area contributed by atoms with E-state index in [4.69, 9.17) is 11.5 Å². The van der Waals surface area contributed by atoms with Crippen LogP contribution in [0.25, 0.3) is 0 Å². The second-order valence-corrected chi connectivity index (χ2v) is 6.77. The molecule has 0 aliphatic rings. The van der Waals surface area contributed by atoms with Gasteiger partial charge in [0.25, 0.3) is 9.84 Å². The highest BCUT2D eigenvalue weighted by molar-refractivity contribution is 7.92. The Hall–Kier alpha value is -2.04. The van der Waals surface area contributed by atoms with Crippen molar-refractivity contribution < 1.29 is 21.6 Å². The van der Waals surface area contributed by atoms with E-state index in [1.54, 1.807) is 0 Å². The van der Waals surface area contributed by atoms with Gasteiger partial charge in [0.2, 0.25) is 0 Å². The zero-order valence-electron chi connectivity index (χ0n) is 11.6. The number of nitrogens with zero attached hydrogens (tertiary/aromatic N) is 2. The molecule has 0 amide bonds. The highest BCUT2D eigenvalue weighted by Crippen LogP contribution is 2.35. The summed E-state index contributed by atoms with van der Waals surface area (Å²) in [5.41, 5.74) is 3.40.